The van der Waals surface area contributed by atoms with Crippen molar-refractivity contribution in [2.45, 2.75) is 26.2 Å². The average molecular weight is 254 g/mol. The van der Waals surface area contributed by atoms with Gasteiger partial charge in [0.15, 0.2) is 0 Å². The van der Waals surface area contributed by atoms with Gasteiger partial charge in [0.2, 0.25) is 5.91 Å². The van der Waals surface area contributed by atoms with E-state index in [0.717, 1.165) is 25.8 Å². The van der Waals surface area contributed by atoms with Crippen molar-refractivity contribution in [1.82, 2.24) is 4.90 Å². The summed E-state index contributed by atoms with van der Waals surface area (Å²) >= 11 is 1.74. The van der Waals surface area contributed by atoms with Crippen molar-refractivity contribution in [3.05, 3.63) is 22.4 Å². The summed E-state index contributed by atoms with van der Waals surface area (Å²) in [4.78, 5) is 15.2. The number of rotatable bonds is 7. The van der Waals surface area contributed by atoms with Crippen molar-refractivity contribution in [1.29, 1.82) is 0 Å². The zero-order valence-corrected chi connectivity index (χ0v) is 11.5. The van der Waals surface area contributed by atoms with E-state index in [1.807, 2.05) is 24.9 Å². The summed E-state index contributed by atoms with van der Waals surface area (Å²) in [5, 5.41) is 2.07. The normalized spacial score (nSPS) is 12.4. The van der Waals surface area contributed by atoms with E-state index in [2.05, 4.69) is 11.4 Å². The van der Waals surface area contributed by atoms with Gasteiger partial charge in [0.1, 0.15) is 0 Å². The van der Waals surface area contributed by atoms with Crippen LogP contribution in [0.15, 0.2) is 17.5 Å². The molecule has 4 heteroatoms. The summed E-state index contributed by atoms with van der Waals surface area (Å²) in [6.45, 7) is 3.45. The second-order valence-electron chi connectivity index (χ2n) is 4.42. The van der Waals surface area contributed by atoms with Crippen molar-refractivity contribution in [3.8, 4) is 0 Å². The number of carbonyl (C=O) groups is 1. The molecule has 1 atom stereocenters. The van der Waals surface area contributed by atoms with E-state index in [4.69, 9.17) is 5.73 Å². The van der Waals surface area contributed by atoms with Gasteiger partial charge in [-0.2, -0.15) is 0 Å². The first-order chi connectivity index (χ1) is 8.15. The van der Waals surface area contributed by atoms with Crippen molar-refractivity contribution in [2.24, 2.45) is 11.7 Å². The van der Waals surface area contributed by atoms with Gasteiger partial charge in [-0.05, 0) is 37.3 Å². The minimum absolute atomic E-state index is 0.0897. The molecule has 0 spiro atoms. The average Bonchev–Trinajstić information content (AvgIpc) is 2.85. The number of nitrogens with zero attached hydrogens (tertiary/aromatic N) is 1. The molecule has 0 aliphatic carbocycles. The minimum atomic E-state index is 0.0897. The highest BCUT2D eigenvalue weighted by molar-refractivity contribution is 7.09. The van der Waals surface area contributed by atoms with E-state index in [9.17, 15) is 4.79 Å². The molecule has 0 bridgehead atoms. The summed E-state index contributed by atoms with van der Waals surface area (Å²) in [5.74, 6) is 0.321. The molecule has 1 aromatic rings. The summed E-state index contributed by atoms with van der Waals surface area (Å²) in [7, 11) is 1.88. The van der Waals surface area contributed by atoms with E-state index in [0.29, 0.717) is 6.54 Å². The highest BCUT2D eigenvalue weighted by Gasteiger charge is 2.16. The topological polar surface area (TPSA) is 46.3 Å². The second kappa shape index (κ2) is 7.45. The molecule has 0 aromatic carbocycles. The Morgan fingerprint density at radius 1 is 1.59 bits per heavy atom. The molecule has 0 saturated carbocycles. The molecule has 0 saturated heterocycles. The smallest absolute Gasteiger partial charge is 0.225 e. The molecule has 2 N–H and O–H groups in total. The summed E-state index contributed by atoms with van der Waals surface area (Å²) in [5.41, 5.74) is 5.45. The Kier molecular flexibility index (Phi) is 6.22. The van der Waals surface area contributed by atoms with Gasteiger partial charge in [-0.1, -0.05) is 13.0 Å². The van der Waals surface area contributed by atoms with Crippen molar-refractivity contribution >= 4 is 17.2 Å². The van der Waals surface area contributed by atoms with Crippen molar-refractivity contribution < 1.29 is 4.79 Å². The standard InChI is InChI=1S/C13H22N2OS/c1-11(5-3-8-14)13(16)15(2)9-7-12-6-4-10-17-12/h4,6,10-11H,3,5,7-9,14H2,1-2H3. The molecule has 3 nitrogen and oxygen atoms in total. The van der Waals surface area contributed by atoms with Crippen LogP contribution in [0, 0.1) is 5.92 Å². The quantitative estimate of drug-likeness (QED) is 0.810. The molecular weight excluding hydrogens is 232 g/mol. The fourth-order valence-electron chi connectivity index (χ4n) is 1.77. The minimum Gasteiger partial charge on any atom is -0.345 e. The summed E-state index contributed by atoms with van der Waals surface area (Å²) < 4.78 is 0. The van der Waals surface area contributed by atoms with Gasteiger partial charge in [-0.15, -0.1) is 11.3 Å². The van der Waals surface area contributed by atoms with Crippen LogP contribution in [0.2, 0.25) is 0 Å². The molecular formula is C13H22N2OS. The Morgan fingerprint density at radius 3 is 2.94 bits per heavy atom. The molecule has 1 unspecified atom stereocenters. The number of thiophene rings is 1. The Balaban J connectivity index is 2.31. The van der Waals surface area contributed by atoms with Crippen LogP contribution in [0.4, 0.5) is 0 Å². The molecule has 1 rings (SSSR count). The van der Waals surface area contributed by atoms with E-state index < -0.39 is 0 Å². The van der Waals surface area contributed by atoms with E-state index in [1.54, 1.807) is 11.3 Å². The van der Waals surface area contributed by atoms with E-state index >= 15 is 0 Å². The fourth-order valence-corrected chi connectivity index (χ4v) is 2.46. The van der Waals surface area contributed by atoms with Gasteiger partial charge in [-0.25, -0.2) is 0 Å². The highest BCUT2D eigenvalue weighted by atomic mass is 32.1. The number of hydrogen-bond donors (Lipinski definition) is 1. The largest absolute Gasteiger partial charge is 0.345 e. The monoisotopic (exact) mass is 254 g/mol. The first-order valence-electron chi connectivity index (χ1n) is 6.12. The summed E-state index contributed by atoms with van der Waals surface area (Å²) in [6, 6.07) is 4.16. The Bertz CT molecular complexity index is 324. The highest BCUT2D eigenvalue weighted by Crippen LogP contribution is 2.12. The molecule has 1 aromatic heterocycles. The van der Waals surface area contributed by atoms with Crippen LogP contribution in [0.1, 0.15) is 24.6 Å². The van der Waals surface area contributed by atoms with Crippen LogP contribution in [0.5, 0.6) is 0 Å². The first kappa shape index (κ1) is 14.2. The van der Waals surface area contributed by atoms with Crippen LogP contribution in [-0.4, -0.2) is 30.9 Å². The zero-order chi connectivity index (χ0) is 12.7. The van der Waals surface area contributed by atoms with Gasteiger partial charge in [-0.3, -0.25) is 4.79 Å². The van der Waals surface area contributed by atoms with Crippen LogP contribution in [0.3, 0.4) is 0 Å². The van der Waals surface area contributed by atoms with Crippen molar-refractivity contribution in [2.75, 3.05) is 20.1 Å². The third-order valence-corrected chi connectivity index (χ3v) is 3.85. The second-order valence-corrected chi connectivity index (χ2v) is 5.45. The molecule has 0 radical (unpaired) electrons. The Morgan fingerprint density at radius 2 is 2.35 bits per heavy atom. The maximum atomic E-state index is 12.0. The third-order valence-electron chi connectivity index (χ3n) is 2.91. The molecule has 96 valence electrons. The molecule has 0 aliphatic rings. The Labute approximate surface area is 108 Å². The number of amides is 1. The first-order valence-corrected chi connectivity index (χ1v) is 7.00. The number of nitrogens with two attached hydrogens (primary N) is 1. The van der Waals surface area contributed by atoms with Crippen LogP contribution < -0.4 is 5.73 Å². The molecule has 1 heterocycles. The number of hydrogen-bond acceptors (Lipinski definition) is 3. The van der Waals surface area contributed by atoms with Gasteiger partial charge in [0.25, 0.3) is 0 Å². The lowest BCUT2D eigenvalue weighted by molar-refractivity contribution is -0.133. The van der Waals surface area contributed by atoms with Gasteiger partial charge in [0.05, 0.1) is 0 Å². The predicted molar refractivity (Wildman–Crippen MR) is 73.1 cm³/mol. The lowest BCUT2D eigenvalue weighted by atomic mass is 10.0. The maximum Gasteiger partial charge on any atom is 0.225 e. The molecule has 17 heavy (non-hydrogen) atoms. The van der Waals surface area contributed by atoms with Crippen molar-refractivity contribution in [3.63, 3.8) is 0 Å². The Hall–Kier alpha value is -0.870. The SMILES string of the molecule is CC(CCCN)C(=O)N(C)CCc1cccs1. The molecule has 0 fully saturated rings. The summed E-state index contributed by atoms with van der Waals surface area (Å²) in [6.07, 6.45) is 2.76. The van der Waals surface area contributed by atoms with E-state index in [1.165, 1.54) is 4.88 Å². The van der Waals surface area contributed by atoms with Gasteiger partial charge < -0.3 is 10.6 Å². The van der Waals surface area contributed by atoms with Crippen LogP contribution in [0.25, 0.3) is 0 Å². The lowest BCUT2D eigenvalue weighted by Gasteiger charge is -2.21. The molecule has 1 amide bonds. The number of carbonyl (C=O) groups excluding carboxylic acids is 1. The maximum absolute atomic E-state index is 12.0. The van der Waals surface area contributed by atoms with Gasteiger partial charge in [0, 0.05) is 24.4 Å². The molecule has 0 aliphatic heterocycles. The third kappa shape index (κ3) is 4.88. The number of likely N-dealkylation sites (N-methyl/N-ethyl adjacent to an activating group) is 1. The van der Waals surface area contributed by atoms with Crippen LogP contribution >= 0.6 is 11.3 Å². The fraction of sp³-hybridized carbons (Fsp3) is 0.615. The lowest BCUT2D eigenvalue weighted by Crippen LogP contribution is -2.33. The van der Waals surface area contributed by atoms with E-state index in [-0.39, 0.29) is 11.8 Å². The van der Waals surface area contributed by atoms with Crippen LogP contribution in [-0.2, 0) is 11.2 Å². The zero-order valence-electron chi connectivity index (χ0n) is 10.7. The predicted octanol–water partition coefficient (Wildman–Crippen LogP) is 2.12. The van der Waals surface area contributed by atoms with Gasteiger partial charge >= 0.3 is 0 Å².